The van der Waals surface area contributed by atoms with Crippen molar-refractivity contribution in [2.45, 2.75) is 19.9 Å². The molecule has 1 amide bonds. The molecular weight excluding hydrogens is 225 g/mol. The van der Waals surface area contributed by atoms with Crippen LogP contribution >= 0.6 is 0 Å². The molecule has 1 aromatic carbocycles. The Balaban J connectivity index is 2.79. The second-order valence-corrected chi connectivity index (χ2v) is 4.08. The van der Waals surface area contributed by atoms with Crippen LogP contribution in [0.2, 0.25) is 0 Å². The van der Waals surface area contributed by atoms with Gasteiger partial charge in [0, 0.05) is 12.6 Å². The first kappa shape index (κ1) is 13.4. The summed E-state index contributed by atoms with van der Waals surface area (Å²) in [6.45, 7) is 3.45. The first-order valence-electron chi connectivity index (χ1n) is 5.36. The van der Waals surface area contributed by atoms with Crippen molar-refractivity contribution in [2.75, 3.05) is 6.61 Å². The number of benzene rings is 1. The number of phenols is 1. The normalized spacial score (nSPS) is 14.1. The fourth-order valence-corrected chi connectivity index (χ4v) is 1.28. The van der Waals surface area contributed by atoms with Gasteiger partial charge in [0.15, 0.2) is 0 Å². The smallest absolute Gasteiger partial charge is 0.255 e. The number of hydrogen-bond acceptors (Lipinski definition) is 3. The molecule has 1 aromatic rings. The number of hydrogen-bond donors (Lipinski definition) is 3. The number of carbonyl (C=O) groups is 1. The van der Waals surface area contributed by atoms with E-state index in [0.717, 1.165) is 18.2 Å². The fourth-order valence-electron chi connectivity index (χ4n) is 1.28. The minimum atomic E-state index is -0.587. The molecule has 0 aliphatic carbocycles. The zero-order chi connectivity index (χ0) is 13.0. The Morgan fingerprint density at radius 2 is 2.12 bits per heavy atom. The summed E-state index contributed by atoms with van der Waals surface area (Å²) in [4.78, 5) is 11.7. The molecule has 5 heteroatoms. The fraction of sp³-hybridized carbons (Fsp3) is 0.417. The Labute approximate surface area is 99.1 Å². The number of rotatable bonds is 4. The van der Waals surface area contributed by atoms with Gasteiger partial charge in [-0.05, 0) is 31.0 Å². The van der Waals surface area contributed by atoms with Crippen LogP contribution in [0.3, 0.4) is 0 Å². The van der Waals surface area contributed by atoms with Crippen LogP contribution in [-0.2, 0) is 0 Å². The molecule has 3 N–H and O–H groups in total. The number of amides is 1. The first-order chi connectivity index (χ1) is 7.95. The van der Waals surface area contributed by atoms with Gasteiger partial charge in [-0.2, -0.15) is 0 Å². The van der Waals surface area contributed by atoms with Crippen molar-refractivity contribution in [1.82, 2.24) is 5.32 Å². The number of nitrogens with one attached hydrogen (secondary N) is 1. The van der Waals surface area contributed by atoms with Crippen LogP contribution in [0, 0.1) is 11.7 Å². The Bertz CT molecular complexity index is 409. The van der Waals surface area contributed by atoms with Crippen molar-refractivity contribution in [1.29, 1.82) is 0 Å². The highest BCUT2D eigenvalue weighted by Crippen LogP contribution is 2.18. The molecule has 4 nitrogen and oxygen atoms in total. The summed E-state index contributed by atoms with van der Waals surface area (Å²) in [5.41, 5.74) is -0.109. The van der Waals surface area contributed by atoms with Crippen LogP contribution in [0.25, 0.3) is 0 Å². The molecule has 17 heavy (non-hydrogen) atoms. The largest absolute Gasteiger partial charge is 0.507 e. The lowest BCUT2D eigenvalue weighted by atomic mass is 10.0. The highest BCUT2D eigenvalue weighted by atomic mass is 19.1. The predicted molar refractivity (Wildman–Crippen MR) is 61.2 cm³/mol. The van der Waals surface area contributed by atoms with Gasteiger partial charge in [0.1, 0.15) is 11.6 Å². The minimum Gasteiger partial charge on any atom is -0.507 e. The number of aliphatic hydroxyl groups excluding tert-OH is 1. The molecule has 2 atom stereocenters. The van der Waals surface area contributed by atoms with E-state index in [2.05, 4.69) is 5.32 Å². The van der Waals surface area contributed by atoms with Crippen LogP contribution in [0.1, 0.15) is 24.2 Å². The Morgan fingerprint density at radius 1 is 1.47 bits per heavy atom. The van der Waals surface area contributed by atoms with E-state index in [4.69, 9.17) is 5.11 Å². The predicted octanol–water partition coefficient (Wildman–Crippen LogP) is 1.28. The second-order valence-electron chi connectivity index (χ2n) is 4.08. The molecule has 0 spiro atoms. The molecule has 0 aliphatic heterocycles. The third-order valence-electron chi connectivity index (χ3n) is 2.70. The van der Waals surface area contributed by atoms with Gasteiger partial charge in [-0.3, -0.25) is 4.79 Å². The Kier molecular flexibility index (Phi) is 4.45. The maximum atomic E-state index is 12.9. The van der Waals surface area contributed by atoms with Gasteiger partial charge in [0.05, 0.1) is 5.56 Å². The van der Waals surface area contributed by atoms with E-state index in [1.165, 1.54) is 0 Å². The highest BCUT2D eigenvalue weighted by molar-refractivity contribution is 5.96. The molecule has 0 saturated heterocycles. The van der Waals surface area contributed by atoms with Crippen LogP contribution < -0.4 is 5.32 Å². The lowest BCUT2D eigenvalue weighted by molar-refractivity contribution is 0.0913. The zero-order valence-electron chi connectivity index (χ0n) is 9.77. The monoisotopic (exact) mass is 241 g/mol. The lowest BCUT2D eigenvalue weighted by Gasteiger charge is -2.19. The molecule has 0 radical (unpaired) electrons. The van der Waals surface area contributed by atoms with Crippen molar-refractivity contribution < 1.29 is 19.4 Å². The van der Waals surface area contributed by atoms with Gasteiger partial charge >= 0.3 is 0 Å². The molecular formula is C12H16FNO3. The molecule has 0 aliphatic rings. The van der Waals surface area contributed by atoms with Crippen LogP contribution in [0.4, 0.5) is 4.39 Å². The van der Waals surface area contributed by atoms with Gasteiger partial charge in [-0.25, -0.2) is 4.39 Å². The SMILES string of the molecule is CC(CO)C(C)NC(=O)c1cc(F)ccc1O. The van der Waals surface area contributed by atoms with E-state index >= 15 is 0 Å². The molecule has 94 valence electrons. The van der Waals surface area contributed by atoms with E-state index in [1.807, 2.05) is 0 Å². The van der Waals surface area contributed by atoms with Gasteiger partial charge in [0.2, 0.25) is 0 Å². The second kappa shape index (κ2) is 5.63. The summed E-state index contributed by atoms with van der Waals surface area (Å²) in [5.74, 6) is -1.53. The molecule has 0 bridgehead atoms. The standard InChI is InChI=1S/C12H16FNO3/c1-7(6-15)8(2)14-12(17)10-5-9(13)3-4-11(10)16/h3-5,7-8,15-16H,6H2,1-2H3,(H,14,17). The molecule has 0 heterocycles. The maximum absolute atomic E-state index is 12.9. The topological polar surface area (TPSA) is 69.6 Å². The van der Waals surface area contributed by atoms with Crippen LogP contribution in [0.5, 0.6) is 5.75 Å². The number of aromatic hydroxyl groups is 1. The van der Waals surface area contributed by atoms with E-state index in [9.17, 15) is 14.3 Å². The Morgan fingerprint density at radius 3 is 2.71 bits per heavy atom. The van der Waals surface area contributed by atoms with Crippen molar-refractivity contribution >= 4 is 5.91 Å². The summed E-state index contributed by atoms with van der Waals surface area (Å²) in [6, 6.07) is 2.91. The molecule has 0 saturated carbocycles. The zero-order valence-corrected chi connectivity index (χ0v) is 9.77. The average molecular weight is 241 g/mol. The molecule has 2 unspecified atom stereocenters. The highest BCUT2D eigenvalue weighted by Gasteiger charge is 2.17. The third kappa shape index (κ3) is 3.42. The van der Waals surface area contributed by atoms with Crippen molar-refractivity contribution in [3.63, 3.8) is 0 Å². The number of phenolic OH excluding ortho intramolecular Hbond substituents is 1. The molecule has 0 aromatic heterocycles. The summed E-state index contributed by atoms with van der Waals surface area (Å²) in [7, 11) is 0. The van der Waals surface area contributed by atoms with Gasteiger partial charge in [-0.15, -0.1) is 0 Å². The quantitative estimate of drug-likeness (QED) is 0.743. The van der Waals surface area contributed by atoms with Crippen molar-refractivity contribution in [3.05, 3.63) is 29.6 Å². The number of aliphatic hydroxyl groups is 1. The minimum absolute atomic E-state index is 0.0589. The summed E-state index contributed by atoms with van der Waals surface area (Å²) < 4.78 is 12.9. The van der Waals surface area contributed by atoms with Crippen molar-refractivity contribution in [3.8, 4) is 5.75 Å². The van der Waals surface area contributed by atoms with E-state index in [-0.39, 0.29) is 29.9 Å². The van der Waals surface area contributed by atoms with Gasteiger partial charge in [0.25, 0.3) is 5.91 Å². The van der Waals surface area contributed by atoms with Crippen LogP contribution in [0.15, 0.2) is 18.2 Å². The summed E-state index contributed by atoms with van der Waals surface area (Å²) in [5, 5.41) is 21.0. The van der Waals surface area contributed by atoms with E-state index < -0.39 is 11.7 Å². The lowest BCUT2D eigenvalue weighted by Crippen LogP contribution is -2.38. The Hall–Kier alpha value is -1.62. The van der Waals surface area contributed by atoms with Crippen LogP contribution in [-0.4, -0.2) is 28.8 Å². The molecule has 0 fully saturated rings. The van der Waals surface area contributed by atoms with Crippen molar-refractivity contribution in [2.24, 2.45) is 5.92 Å². The van der Waals surface area contributed by atoms with E-state index in [1.54, 1.807) is 13.8 Å². The van der Waals surface area contributed by atoms with Gasteiger partial charge < -0.3 is 15.5 Å². The third-order valence-corrected chi connectivity index (χ3v) is 2.70. The average Bonchev–Trinajstić information content (AvgIpc) is 2.30. The summed E-state index contributed by atoms with van der Waals surface area (Å²) >= 11 is 0. The number of carbonyl (C=O) groups excluding carboxylic acids is 1. The van der Waals surface area contributed by atoms with Gasteiger partial charge in [-0.1, -0.05) is 6.92 Å². The maximum Gasteiger partial charge on any atom is 0.255 e. The van der Waals surface area contributed by atoms with E-state index in [0.29, 0.717) is 0 Å². The number of halogens is 1. The molecule has 1 rings (SSSR count). The summed E-state index contributed by atoms with van der Waals surface area (Å²) in [6.07, 6.45) is 0. The first-order valence-corrected chi connectivity index (χ1v) is 5.36.